The molecule has 7 nitrogen and oxygen atoms in total. The Kier molecular flexibility index (Phi) is 4.63. The fourth-order valence-corrected chi connectivity index (χ4v) is 2.68. The number of azide groups is 1. The predicted molar refractivity (Wildman–Crippen MR) is 76.3 cm³/mol. The van der Waals surface area contributed by atoms with Gasteiger partial charge in [0.25, 0.3) is 0 Å². The molecule has 1 aromatic rings. The van der Waals surface area contributed by atoms with Crippen LogP contribution in [0.2, 0.25) is 0 Å². The minimum absolute atomic E-state index is 0.0774. The molecule has 0 bridgehead atoms. The van der Waals surface area contributed by atoms with Crippen molar-refractivity contribution in [2.75, 3.05) is 18.0 Å². The molecule has 2 rings (SSSR count). The van der Waals surface area contributed by atoms with Gasteiger partial charge in [0.15, 0.2) is 0 Å². The first-order valence-electron chi connectivity index (χ1n) is 7.02. The lowest BCUT2D eigenvalue weighted by Crippen LogP contribution is -2.28. The van der Waals surface area contributed by atoms with E-state index in [-0.39, 0.29) is 17.9 Å². The summed E-state index contributed by atoms with van der Waals surface area (Å²) in [5.74, 6) is 1.02. The predicted octanol–water partition coefficient (Wildman–Crippen LogP) is 2.91. The molecule has 0 saturated carbocycles. The standard InChI is InChI=1S/C13H20N6O/c1-3-4-10(2)19-12(5-6-16-19)18-9-11(7-13(18)20)8-15-17-14/h5-6,10-11H,3-4,7-9H2,1-2H3. The number of amides is 1. The summed E-state index contributed by atoms with van der Waals surface area (Å²) < 4.78 is 1.91. The number of nitrogens with zero attached hydrogens (tertiary/aromatic N) is 6. The molecular formula is C13H20N6O. The first-order valence-corrected chi connectivity index (χ1v) is 7.02. The van der Waals surface area contributed by atoms with Crippen molar-refractivity contribution in [2.45, 2.75) is 39.2 Å². The monoisotopic (exact) mass is 276 g/mol. The molecular weight excluding hydrogens is 256 g/mol. The first kappa shape index (κ1) is 14.4. The van der Waals surface area contributed by atoms with Gasteiger partial charge in [0, 0.05) is 30.5 Å². The highest BCUT2D eigenvalue weighted by molar-refractivity contribution is 5.94. The van der Waals surface area contributed by atoms with Crippen LogP contribution in [-0.2, 0) is 4.79 Å². The molecule has 0 radical (unpaired) electrons. The van der Waals surface area contributed by atoms with Gasteiger partial charge >= 0.3 is 0 Å². The highest BCUT2D eigenvalue weighted by Crippen LogP contribution is 2.28. The number of rotatable bonds is 6. The molecule has 1 aliphatic rings. The zero-order valence-electron chi connectivity index (χ0n) is 11.9. The van der Waals surface area contributed by atoms with Gasteiger partial charge in [-0.2, -0.15) is 5.10 Å². The summed E-state index contributed by atoms with van der Waals surface area (Å²) >= 11 is 0. The molecule has 1 aromatic heterocycles. The molecule has 108 valence electrons. The molecule has 0 aliphatic carbocycles. The van der Waals surface area contributed by atoms with Crippen molar-refractivity contribution in [3.8, 4) is 0 Å². The molecule has 20 heavy (non-hydrogen) atoms. The molecule has 2 atom stereocenters. The van der Waals surface area contributed by atoms with Crippen molar-refractivity contribution < 1.29 is 4.79 Å². The molecule has 1 amide bonds. The van der Waals surface area contributed by atoms with Crippen LogP contribution in [0.4, 0.5) is 5.82 Å². The molecule has 2 heterocycles. The Morgan fingerprint density at radius 3 is 3.15 bits per heavy atom. The van der Waals surface area contributed by atoms with Crippen molar-refractivity contribution in [3.63, 3.8) is 0 Å². The second-order valence-electron chi connectivity index (χ2n) is 5.26. The molecule has 2 unspecified atom stereocenters. The van der Waals surface area contributed by atoms with E-state index in [1.54, 1.807) is 11.1 Å². The molecule has 0 spiro atoms. The smallest absolute Gasteiger partial charge is 0.228 e. The molecule has 1 saturated heterocycles. The van der Waals surface area contributed by atoms with Gasteiger partial charge in [-0.25, -0.2) is 4.68 Å². The van der Waals surface area contributed by atoms with E-state index in [4.69, 9.17) is 5.53 Å². The summed E-state index contributed by atoms with van der Waals surface area (Å²) in [5.41, 5.74) is 8.36. The van der Waals surface area contributed by atoms with E-state index in [1.165, 1.54) is 0 Å². The zero-order valence-corrected chi connectivity index (χ0v) is 11.9. The van der Waals surface area contributed by atoms with E-state index < -0.39 is 0 Å². The van der Waals surface area contributed by atoms with Gasteiger partial charge < -0.3 is 0 Å². The van der Waals surface area contributed by atoms with Crippen molar-refractivity contribution in [1.82, 2.24) is 9.78 Å². The SMILES string of the molecule is CCCC(C)n1nccc1N1CC(CN=[N+]=[N-])CC1=O. The number of carbonyl (C=O) groups is 1. The van der Waals surface area contributed by atoms with Crippen LogP contribution in [0.15, 0.2) is 17.4 Å². The zero-order chi connectivity index (χ0) is 14.5. The Hall–Kier alpha value is -2.01. The average Bonchev–Trinajstić information content (AvgIpc) is 3.02. The summed E-state index contributed by atoms with van der Waals surface area (Å²) in [6.07, 6.45) is 4.27. The van der Waals surface area contributed by atoms with E-state index in [0.29, 0.717) is 19.5 Å². The summed E-state index contributed by atoms with van der Waals surface area (Å²) in [6, 6.07) is 2.15. The topological polar surface area (TPSA) is 86.9 Å². The van der Waals surface area contributed by atoms with E-state index >= 15 is 0 Å². The molecule has 7 heteroatoms. The van der Waals surface area contributed by atoms with Crippen molar-refractivity contribution >= 4 is 11.7 Å². The van der Waals surface area contributed by atoms with Gasteiger partial charge in [0.05, 0.1) is 12.2 Å². The fourth-order valence-electron chi connectivity index (χ4n) is 2.68. The van der Waals surface area contributed by atoms with E-state index in [2.05, 4.69) is 29.0 Å². The van der Waals surface area contributed by atoms with Crippen LogP contribution >= 0.6 is 0 Å². The van der Waals surface area contributed by atoms with Gasteiger partial charge in [-0.1, -0.05) is 18.5 Å². The Labute approximate surface area is 118 Å². The van der Waals surface area contributed by atoms with E-state index in [9.17, 15) is 4.79 Å². The second kappa shape index (κ2) is 6.43. The highest BCUT2D eigenvalue weighted by Gasteiger charge is 2.32. The number of hydrogen-bond acceptors (Lipinski definition) is 3. The third-order valence-corrected chi connectivity index (χ3v) is 3.66. The number of hydrogen-bond donors (Lipinski definition) is 0. The largest absolute Gasteiger partial charge is 0.297 e. The third-order valence-electron chi connectivity index (χ3n) is 3.66. The van der Waals surface area contributed by atoms with Crippen LogP contribution < -0.4 is 4.90 Å². The lowest BCUT2D eigenvalue weighted by atomic mass is 10.1. The Balaban J connectivity index is 2.14. The Morgan fingerprint density at radius 1 is 1.65 bits per heavy atom. The van der Waals surface area contributed by atoms with E-state index in [0.717, 1.165) is 18.7 Å². The van der Waals surface area contributed by atoms with E-state index in [1.807, 2.05) is 10.7 Å². The van der Waals surface area contributed by atoms with Crippen LogP contribution in [0.25, 0.3) is 10.4 Å². The Bertz CT molecular complexity index is 519. The maximum Gasteiger partial charge on any atom is 0.228 e. The third kappa shape index (κ3) is 2.93. The Morgan fingerprint density at radius 2 is 2.45 bits per heavy atom. The first-order chi connectivity index (χ1) is 9.67. The van der Waals surface area contributed by atoms with Gasteiger partial charge in [0.1, 0.15) is 5.82 Å². The van der Waals surface area contributed by atoms with Crippen molar-refractivity contribution in [1.29, 1.82) is 0 Å². The van der Waals surface area contributed by atoms with Crippen LogP contribution in [0.1, 0.15) is 39.2 Å². The molecule has 1 aliphatic heterocycles. The number of anilines is 1. The quantitative estimate of drug-likeness (QED) is 0.454. The van der Waals surface area contributed by atoms with Gasteiger partial charge in [-0.15, -0.1) is 0 Å². The molecule has 0 aromatic carbocycles. The van der Waals surface area contributed by atoms with Crippen LogP contribution in [0, 0.1) is 5.92 Å². The van der Waals surface area contributed by atoms with Gasteiger partial charge in [0.2, 0.25) is 5.91 Å². The van der Waals surface area contributed by atoms with Gasteiger partial charge in [-0.3, -0.25) is 9.69 Å². The summed E-state index contributed by atoms with van der Waals surface area (Å²) in [5, 5.41) is 7.91. The minimum atomic E-state index is 0.0774. The van der Waals surface area contributed by atoms with Crippen LogP contribution in [0.3, 0.4) is 0 Å². The average molecular weight is 276 g/mol. The maximum absolute atomic E-state index is 12.1. The van der Waals surface area contributed by atoms with Gasteiger partial charge in [-0.05, 0) is 24.8 Å². The summed E-state index contributed by atoms with van der Waals surface area (Å²) in [7, 11) is 0. The minimum Gasteiger partial charge on any atom is -0.297 e. The summed E-state index contributed by atoms with van der Waals surface area (Å²) in [6.45, 7) is 5.22. The fraction of sp³-hybridized carbons (Fsp3) is 0.692. The summed E-state index contributed by atoms with van der Waals surface area (Å²) in [4.78, 5) is 16.6. The molecule has 1 fully saturated rings. The highest BCUT2D eigenvalue weighted by atomic mass is 16.2. The second-order valence-corrected chi connectivity index (χ2v) is 5.26. The van der Waals surface area contributed by atoms with Crippen LogP contribution in [-0.4, -0.2) is 28.8 Å². The normalized spacial score (nSPS) is 20.0. The lowest BCUT2D eigenvalue weighted by Gasteiger charge is -2.21. The number of carbonyl (C=O) groups excluding carboxylic acids is 1. The van der Waals surface area contributed by atoms with Crippen molar-refractivity contribution in [2.24, 2.45) is 11.0 Å². The van der Waals surface area contributed by atoms with Crippen LogP contribution in [0.5, 0.6) is 0 Å². The number of aromatic nitrogens is 2. The van der Waals surface area contributed by atoms with Crippen molar-refractivity contribution in [3.05, 3.63) is 22.7 Å². The maximum atomic E-state index is 12.1. The lowest BCUT2D eigenvalue weighted by molar-refractivity contribution is -0.117. The molecule has 0 N–H and O–H groups in total.